The third-order valence-corrected chi connectivity index (χ3v) is 2.50. The van der Waals surface area contributed by atoms with E-state index in [1.165, 1.54) is 6.92 Å². The van der Waals surface area contributed by atoms with Gasteiger partial charge in [-0.05, 0) is 19.8 Å². The molecule has 0 aliphatic carbocycles. The molecule has 15 heavy (non-hydrogen) atoms. The van der Waals surface area contributed by atoms with E-state index >= 15 is 0 Å². The zero-order valence-corrected chi connectivity index (χ0v) is 8.22. The molecule has 0 spiro atoms. The Morgan fingerprint density at radius 2 is 2.20 bits per heavy atom. The van der Waals surface area contributed by atoms with Gasteiger partial charge in [-0.1, -0.05) is 0 Å². The number of ketones is 1. The van der Waals surface area contributed by atoms with Crippen molar-refractivity contribution in [3.8, 4) is 5.75 Å². The molecule has 1 atom stereocenters. The number of fused-ring (bicyclic) bond motifs is 1. The quantitative estimate of drug-likeness (QED) is 0.713. The molecular formula is C11H10F2O2. The van der Waals surface area contributed by atoms with Crippen LogP contribution in [-0.4, -0.2) is 11.9 Å². The fraction of sp³-hybridized carbons (Fsp3) is 0.364. The maximum atomic E-state index is 13.3. The highest BCUT2D eigenvalue weighted by Crippen LogP contribution is 2.30. The zero-order chi connectivity index (χ0) is 11.0. The summed E-state index contributed by atoms with van der Waals surface area (Å²) in [6.07, 6.45) is 0.287. The first-order chi connectivity index (χ1) is 7.08. The third-order valence-electron chi connectivity index (χ3n) is 2.50. The average molecular weight is 212 g/mol. The van der Waals surface area contributed by atoms with E-state index in [4.69, 9.17) is 4.74 Å². The summed E-state index contributed by atoms with van der Waals surface area (Å²) in [5.74, 6) is -1.26. The van der Waals surface area contributed by atoms with Crippen LogP contribution in [0.15, 0.2) is 12.1 Å². The molecule has 0 N–H and O–H groups in total. The Morgan fingerprint density at radius 1 is 1.47 bits per heavy atom. The maximum absolute atomic E-state index is 13.3. The van der Waals surface area contributed by atoms with Gasteiger partial charge in [0.25, 0.3) is 0 Å². The topological polar surface area (TPSA) is 26.3 Å². The molecule has 0 radical (unpaired) electrons. The van der Waals surface area contributed by atoms with Crippen LogP contribution in [0.5, 0.6) is 5.75 Å². The van der Waals surface area contributed by atoms with Crippen molar-refractivity contribution in [1.29, 1.82) is 0 Å². The number of hydrogen-bond donors (Lipinski definition) is 0. The molecule has 0 saturated carbocycles. The van der Waals surface area contributed by atoms with E-state index in [2.05, 4.69) is 0 Å². The summed E-state index contributed by atoms with van der Waals surface area (Å²) in [4.78, 5) is 11.1. The molecule has 1 heterocycles. The van der Waals surface area contributed by atoms with Crippen LogP contribution in [0.3, 0.4) is 0 Å². The van der Waals surface area contributed by atoms with Crippen LogP contribution < -0.4 is 4.74 Å². The molecule has 1 aliphatic rings. The second kappa shape index (κ2) is 3.61. The summed E-state index contributed by atoms with van der Waals surface area (Å²) >= 11 is 0. The van der Waals surface area contributed by atoms with Gasteiger partial charge in [-0.15, -0.1) is 0 Å². The molecule has 1 aromatic rings. The van der Waals surface area contributed by atoms with Gasteiger partial charge in [0.05, 0.1) is 0 Å². The van der Waals surface area contributed by atoms with Crippen molar-refractivity contribution in [1.82, 2.24) is 0 Å². The normalized spacial score (nSPS) is 19.3. The van der Waals surface area contributed by atoms with Crippen molar-refractivity contribution in [2.75, 3.05) is 0 Å². The molecule has 4 heteroatoms. The molecule has 1 unspecified atom stereocenters. The van der Waals surface area contributed by atoms with Crippen molar-refractivity contribution >= 4 is 5.78 Å². The van der Waals surface area contributed by atoms with Gasteiger partial charge >= 0.3 is 0 Å². The summed E-state index contributed by atoms with van der Waals surface area (Å²) in [7, 11) is 0. The van der Waals surface area contributed by atoms with E-state index in [0.29, 0.717) is 18.4 Å². The van der Waals surface area contributed by atoms with Crippen molar-refractivity contribution in [2.45, 2.75) is 25.9 Å². The molecular weight excluding hydrogens is 202 g/mol. The molecule has 80 valence electrons. The number of benzene rings is 1. The Hall–Kier alpha value is -1.45. The van der Waals surface area contributed by atoms with Gasteiger partial charge < -0.3 is 4.74 Å². The van der Waals surface area contributed by atoms with Crippen LogP contribution in [-0.2, 0) is 11.2 Å². The second-order valence-corrected chi connectivity index (χ2v) is 3.62. The van der Waals surface area contributed by atoms with E-state index in [-0.39, 0.29) is 11.5 Å². The predicted molar refractivity (Wildman–Crippen MR) is 49.8 cm³/mol. The minimum atomic E-state index is -0.685. The highest BCUT2D eigenvalue weighted by Gasteiger charge is 2.25. The lowest BCUT2D eigenvalue weighted by Crippen LogP contribution is -2.29. The van der Waals surface area contributed by atoms with E-state index in [1.54, 1.807) is 0 Å². The number of halogens is 2. The van der Waals surface area contributed by atoms with E-state index in [9.17, 15) is 13.6 Å². The van der Waals surface area contributed by atoms with E-state index < -0.39 is 17.7 Å². The first-order valence-electron chi connectivity index (χ1n) is 4.73. The van der Waals surface area contributed by atoms with Crippen LogP contribution in [0.1, 0.15) is 18.9 Å². The lowest BCUT2D eigenvalue weighted by molar-refractivity contribution is -0.124. The fourth-order valence-corrected chi connectivity index (χ4v) is 1.70. The smallest absolute Gasteiger partial charge is 0.170 e. The summed E-state index contributed by atoms with van der Waals surface area (Å²) in [6, 6.07) is 1.95. The van der Waals surface area contributed by atoms with E-state index in [1.807, 2.05) is 0 Å². The Balaban J connectivity index is 2.37. The van der Waals surface area contributed by atoms with Gasteiger partial charge in [0.1, 0.15) is 17.4 Å². The lowest BCUT2D eigenvalue weighted by atomic mass is 10.00. The molecule has 2 nitrogen and oxygen atoms in total. The second-order valence-electron chi connectivity index (χ2n) is 3.62. The summed E-state index contributed by atoms with van der Waals surface area (Å²) < 4.78 is 31.4. The zero-order valence-electron chi connectivity index (χ0n) is 8.22. The van der Waals surface area contributed by atoms with Gasteiger partial charge in [0.2, 0.25) is 0 Å². The molecule has 1 aromatic carbocycles. The lowest BCUT2D eigenvalue weighted by Gasteiger charge is -2.24. The molecule has 0 saturated heterocycles. The highest BCUT2D eigenvalue weighted by molar-refractivity contribution is 5.81. The highest BCUT2D eigenvalue weighted by atomic mass is 19.1. The Labute approximate surface area is 85.9 Å². The van der Waals surface area contributed by atoms with Crippen LogP contribution in [0.25, 0.3) is 0 Å². The largest absolute Gasteiger partial charge is 0.482 e. The van der Waals surface area contributed by atoms with Crippen LogP contribution in [0.4, 0.5) is 8.78 Å². The number of carbonyl (C=O) groups is 1. The predicted octanol–water partition coefficient (Wildman–Crippen LogP) is 2.25. The number of ether oxygens (including phenoxy) is 1. The Kier molecular flexibility index (Phi) is 2.42. The van der Waals surface area contributed by atoms with Crippen LogP contribution in [0, 0.1) is 11.6 Å². The number of carbonyl (C=O) groups excluding carboxylic acids is 1. The molecule has 0 aromatic heterocycles. The first kappa shape index (κ1) is 10.1. The first-order valence-corrected chi connectivity index (χ1v) is 4.73. The van der Waals surface area contributed by atoms with Gasteiger partial charge in [0.15, 0.2) is 11.9 Å². The molecule has 1 aliphatic heterocycles. The third kappa shape index (κ3) is 1.84. The van der Waals surface area contributed by atoms with Crippen molar-refractivity contribution < 1.29 is 18.3 Å². The molecule has 0 bridgehead atoms. The Morgan fingerprint density at radius 3 is 2.87 bits per heavy atom. The van der Waals surface area contributed by atoms with Gasteiger partial charge in [0, 0.05) is 17.7 Å². The standard InChI is InChI=1S/C11H10F2O2/c1-6(14)10-3-2-8-9(13)4-7(12)5-11(8)15-10/h4-5,10H,2-3H2,1H3. The van der Waals surface area contributed by atoms with Crippen molar-refractivity contribution in [2.24, 2.45) is 0 Å². The van der Waals surface area contributed by atoms with Crippen LogP contribution >= 0.6 is 0 Å². The summed E-state index contributed by atoms with van der Waals surface area (Å²) in [5.41, 5.74) is 0.355. The van der Waals surface area contributed by atoms with Crippen molar-refractivity contribution in [3.05, 3.63) is 29.3 Å². The Bertz CT molecular complexity index is 415. The minimum absolute atomic E-state index is 0.120. The van der Waals surface area contributed by atoms with Gasteiger partial charge in [-0.3, -0.25) is 4.79 Å². The van der Waals surface area contributed by atoms with Gasteiger partial charge in [-0.25, -0.2) is 8.78 Å². The summed E-state index contributed by atoms with van der Waals surface area (Å²) in [5, 5.41) is 0. The number of hydrogen-bond acceptors (Lipinski definition) is 2. The molecule has 2 rings (SSSR count). The maximum Gasteiger partial charge on any atom is 0.170 e. The van der Waals surface area contributed by atoms with E-state index in [0.717, 1.165) is 12.1 Å². The average Bonchev–Trinajstić information content (AvgIpc) is 2.16. The SMILES string of the molecule is CC(=O)C1CCc2c(F)cc(F)cc2O1. The number of Topliss-reactive ketones (excluding diaryl/α,β-unsaturated/α-hetero) is 1. The van der Waals surface area contributed by atoms with Crippen molar-refractivity contribution in [3.63, 3.8) is 0 Å². The minimum Gasteiger partial charge on any atom is -0.482 e. The summed E-state index contributed by atoms with van der Waals surface area (Å²) in [6.45, 7) is 1.41. The fourth-order valence-electron chi connectivity index (χ4n) is 1.70. The monoisotopic (exact) mass is 212 g/mol. The molecule has 0 amide bonds. The number of rotatable bonds is 1. The van der Waals surface area contributed by atoms with Crippen LogP contribution in [0.2, 0.25) is 0 Å². The van der Waals surface area contributed by atoms with Gasteiger partial charge in [-0.2, -0.15) is 0 Å². The molecule has 0 fully saturated rings.